The third kappa shape index (κ3) is 3.59. The van der Waals surface area contributed by atoms with Crippen molar-refractivity contribution in [3.8, 4) is 5.75 Å². The lowest BCUT2D eigenvalue weighted by molar-refractivity contribution is -0.111. The molecule has 6 heteroatoms. The fourth-order valence-electron chi connectivity index (χ4n) is 2.65. The Bertz CT molecular complexity index is 987. The number of hydrogen-bond donors (Lipinski definition) is 4. The maximum absolute atomic E-state index is 12.3. The van der Waals surface area contributed by atoms with Gasteiger partial charge in [-0.1, -0.05) is 0 Å². The number of benzene rings is 2. The second-order valence-electron chi connectivity index (χ2n) is 6.19. The van der Waals surface area contributed by atoms with Crippen molar-refractivity contribution in [2.45, 2.75) is 13.8 Å². The third-order valence-corrected chi connectivity index (χ3v) is 4.07. The molecule has 0 aliphatic heterocycles. The number of ketones is 1. The SMILES string of the molecule is Cc1cc(O)ccc1N=C1C=C(Nc2ccc(N)cc2C)C(=O)C=C1N. The number of nitrogens with zero attached hydrogens (tertiary/aromatic N) is 1. The topological polar surface area (TPSA) is 114 Å². The van der Waals surface area contributed by atoms with Crippen molar-refractivity contribution in [2.24, 2.45) is 10.7 Å². The van der Waals surface area contributed by atoms with Crippen LogP contribution in [0.1, 0.15) is 11.1 Å². The summed E-state index contributed by atoms with van der Waals surface area (Å²) in [6.45, 7) is 3.75. The number of carbonyl (C=O) groups excluding carboxylic acids is 1. The minimum atomic E-state index is -0.222. The molecule has 6 N–H and O–H groups in total. The van der Waals surface area contributed by atoms with Gasteiger partial charge in [-0.25, -0.2) is 4.99 Å². The summed E-state index contributed by atoms with van der Waals surface area (Å²) in [5.74, 6) is -0.0504. The molecule has 0 saturated carbocycles. The van der Waals surface area contributed by atoms with Crippen molar-refractivity contribution in [1.82, 2.24) is 0 Å². The fraction of sp³-hybridized carbons (Fsp3) is 0.100. The summed E-state index contributed by atoms with van der Waals surface area (Å²) in [5, 5.41) is 12.6. The van der Waals surface area contributed by atoms with Crippen molar-refractivity contribution in [2.75, 3.05) is 11.1 Å². The molecule has 26 heavy (non-hydrogen) atoms. The Morgan fingerprint density at radius 3 is 2.46 bits per heavy atom. The van der Waals surface area contributed by atoms with Crippen LogP contribution in [0.2, 0.25) is 0 Å². The molecule has 0 fully saturated rings. The molecule has 0 unspecified atom stereocenters. The number of aryl methyl sites for hydroxylation is 2. The number of carbonyl (C=O) groups is 1. The molecular formula is C20H20N4O2. The highest BCUT2D eigenvalue weighted by Crippen LogP contribution is 2.25. The maximum Gasteiger partial charge on any atom is 0.204 e. The largest absolute Gasteiger partial charge is 0.508 e. The van der Waals surface area contributed by atoms with Gasteiger partial charge in [-0.15, -0.1) is 0 Å². The van der Waals surface area contributed by atoms with Gasteiger partial charge in [0, 0.05) is 17.5 Å². The van der Waals surface area contributed by atoms with Gasteiger partial charge >= 0.3 is 0 Å². The van der Waals surface area contributed by atoms with E-state index in [9.17, 15) is 9.90 Å². The van der Waals surface area contributed by atoms with Crippen molar-refractivity contribution in [3.63, 3.8) is 0 Å². The second-order valence-corrected chi connectivity index (χ2v) is 6.19. The summed E-state index contributed by atoms with van der Waals surface area (Å²) < 4.78 is 0. The van der Waals surface area contributed by atoms with Crippen molar-refractivity contribution >= 4 is 28.6 Å². The molecule has 2 aromatic carbocycles. The molecule has 0 bridgehead atoms. The minimum absolute atomic E-state index is 0.172. The van der Waals surface area contributed by atoms with Gasteiger partial charge in [-0.2, -0.15) is 0 Å². The third-order valence-electron chi connectivity index (χ3n) is 4.07. The number of nitrogens with two attached hydrogens (primary N) is 2. The Labute approximate surface area is 151 Å². The molecule has 1 aliphatic rings. The smallest absolute Gasteiger partial charge is 0.204 e. The molecule has 2 aromatic rings. The Balaban J connectivity index is 1.96. The van der Waals surface area contributed by atoms with E-state index in [1.54, 1.807) is 30.3 Å². The maximum atomic E-state index is 12.3. The number of nitrogen functional groups attached to an aromatic ring is 1. The van der Waals surface area contributed by atoms with E-state index in [-0.39, 0.29) is 11.5 Å². The minimum Gasteiger partial charge on any atom is -0.508 e. The van der Waals surface area contributed by atoms with Crippen molar-refractivity contribution in [3.05, 3.63) is 71.1 Å². The zero-order valence-corrected chi connectivity index (χ0v) is 14.6. The number of phenolic OH excluding ortho intramolecular Hbond substituents is 1. The van der Waals surface area contributed by atoms with Crippen molar-refractivity contribution < 1.29 is 9.90 Å². The van der Waals surface area contributed by atoms with Gasteiger partial charge in [0.1, 0.15) is 5.75 Å². The number of anilines is 2. The monoisotopic (exact) mass is 348 g/mol. The number of aromatic hydroxyl groups is 1. The molecule has 0 atom stereocenters. The van der Waals surface area contributed by atoms with E-state index in [0.29, 0.717) is 28.5 Å². The van der Waals surface area contributed by atoms with Crippen LogP contribution in [-0.4, -0.2) is 16.6 Å². The van der Waals surface area contributed by atoms with Crippen LogP contribution in [0, 0.1) is 13.8 Å². The van der Waals surface area contributed by atoms with E-state index in [1.807, 2.05) is 26.0 Å². The summed E-state index contributed by atoms with van der Waals surface area (Å²) in [7, 11) is 0. The summed E-state index contributed by atoms with van der Waals surface area (Å²) in [6, 6.07) is 10.3. The first-order chi connectivity index (χ1) is 12.3. The normalized spacial score (nSPS) is 15.6. The van der Waals surface area contributed by atoms with E-state index in [1.165, 1.54) is 6.08 Å². The Morgan fingerprint density at radius 2 is 1.77 bits per heavy atom. The predicted octanol–water partition coefficient (Wildman–Crippen LogP) is 3.09. The Hall–Kier alpha value is -3.54. The second kappa shape index (κ2) is 6.76. The van der Waals surface area contributed by atoms with E-state index in [2.05, 4.69) is 10.3 Å². The van der Waals surface area contributed by atoms with Crippen LogP contribution in [0.3, 0.4) is 0 Å². The standard InChI is InChI=1S/C20H20N4O2/c1-11-7-13(21)3-5-16(11)24-19-10-18(15(22)9-20(19)26)23-17-6-4-14(25)8-12(17)2/h3-10,24-25H,21-22H2,1-2H3. The first-order valence-electron chi connectivity index (χ1n) is 8.08. The summed E-state index contributed by atoms with van der Waals surface area (Å²) in [4.78, 5) is 16.8. The number of hydrogen-bond acceptors (Lipinski definition) is 6. The molecule has 0 spiro atoms. The van der Waals surface area contributed by atoms with Crippen LogP contribution in [0.15, 0.2) is 64.9 Å². The van der Waals surface area contributed by atoms with Gasteiger partial charge in [-0.3, -0.25) is 4.79 Å². The Kier molecular flexibility index (Phi) is 4.49. The van der Waals surface area contributed by atoms with Crippen molar-refractivity contribution in [1.29, 1.82) is 0 Å². The molecule has 3 rings (SSSR count). The van der Waals surface area contributed by atoms with Crippen LogP contribution in [-0.2, 0) is 4.79 Å². The fourth-order valence-corrected chi connectivity index (χ4v) is 2.65. The predicted molar refractivity (Wildman–Crippen MR) is 105 cm³/mol. The lowest BCUT2D eigenvalue weighted by Gasteiger charge is -2.16. The van der Waals surface area contributed by atoms with Gasteiger partial charge in [-0.05, 0) is 67.4 Å². The highest BCUT2D eigenvalue weighted by molar-refractivity contribution is 6.23. The number of allylic oxidation sites excluding steroid dienone is 2. The highest BCUT2D eigenvalue weighted by atomic mass is 16.3. The quantitative estimate of drug-likeness (QED) is 0.503. The van der Waals surface area contributed by atoms with Gasteiger partial charge in [0.25, 0.3) is 0 Å². The molecule has 0 amide bonds. The number of phenols is 1. The van der Waals surface area contributed by atoms with Crippen LogP contribution in [0.5, 0.6) is 5.75 Å². The highest BCUT2D eigenvalue weighted by Gasteiger charge is 2.18. The van der Waals surface area contributed by atoms with Gasteiger partial charge in [0.05, 0.1) is 22.8 Å². The molecule has 6 nitrogen and oxygen atoms in total. The molecule has 132 valence electrons. The summed E-state index contributed by atoms with van der Waals surface area (Å²) >= 11 is 0. The summed E-state index contributed by atoms with van der Waals surface area (Å²) in [5.41, 5.74) is 16.7. The molecule has 1 aliphatic carbocycles. The van der Waals surface area contributed by atoms with Crippen LogP contribution < -0.4 is 16.8 Å². The van der Waals surface area contributed by atoms with E-state index < -0.39 is 0 Å². The van der Waals surface area contributed by atoms with E-state index in [0.717, 1.165) is 16.8 Å². The van der Waals surface area contributed by atoms with Crippen LogP contribution >= 0.6 is 0 Å². The van der Waals surface area contributed by atoms with Crippen LogP contribution in [0.25, 0.3) is 0 Å². The zero-order chi connectivity index (χ0) is 18.8. The number of aliphatic imine (C=N–C) groups is 1. The molecule has 0 saturated heterocycles. The van der Waals surface area contributed by atoms with E-state index >= 15 is 0 Å². The molecule has 0 aromatic heterocycles. The summed E-state index contributed by atoms with van der Waals surface area (Å²) in [6.07, 6.45) is 2.98. The van der Waals surface area contributed by atoms with Gasteiger partial charge in [0.2, 0.25) is 5.78 Å². The van der Waals surface area contributed by atoms with E-state index in [4.69, 9.17) is 11.5 Å². The first kappa shape index (κ1) is 17.3. The van der Waals surface area contributed by atoms with Gasteiger partial charge in [0.15, 0.2) is 0 Å². The molecule has 0 heterocycles. The lowest BCUT2D eigenvalue weighted by atomic mass is 10.0. The number of rotatable bonds is 3. The number of nitrogens with one attached hydrogen (secondary N) is 1. The lowest BCUT2D eigenvalue weighted by Crippen LogP contribution is -2.22. The van der Waals surface area contributed by atoms with Gasteiger partial charge < -0.3 is 21.9 Å². The average molecular weight is 348 g/mol. The average Bonchev–Trinajstić information content (AvgIpc) is 2.56. The Morgan fingerprint density at radius 1 is 1.00 bits per heavy atom. The molecule has 0 radical (unpaired) electrons. The molecular weight excluding hydrogens is 328 g/mol. The first-order valence-corrected chi connectivity index (χ1v) is 8.08. The zero-order valence-electron chi connectivity index (χ0n) is 14.6. The van der Waals surface area contributed by atoms with Crippen LogP contribution in [0.4, 0.5) is 17.1 Å².